The summed E-state index contributed by atoms with van der Waals surface area (Å²) in [5.74, 6) is -0.115. The molecule has 0 saturated heterocycles. The van der Waals surface area contributed by atoms with Crippen molar-refractivity contribution in [2.45, 2.75) is 33.2 Å². The molecule has 1 amide bonds. The molecule has 0 aromatic carbocycles. The van der Waals surface area contributed by atoms with E-state index in [4.69, 9.17) is 9.52 Å². The van der Waals surface area contributed by atoms with E-state index in [-0.39, 0.29) is 23.9 Å². The molecule has 3 rings (SSSR count). The topological polar surface area (TPSA) is 88.6 Å². The molecule has 3 aromatic heterocycles. The van der Waals surface area contributed by atoms with Crippen LogP contribution in [0.2, 0.25) is 0 Å². The maximum absolute atomic E-state index is 12.8. The number of nitrogens with zero attached hydrogens (tertiary/aromatic N) is 3. The van der Waals surface area contributed by atoms with Gasteiger partial charge in [-0.3, -0.25) is 9.48 Å². The average molecular weight is 375 g/mol. The SMILES string of the molecule is Cc1oc(CN(C)C(=O)c2cc3c(C(C)C)nn(C)c3s2)cc1C(=O)O. The molecule has 1 N–H and O–H groups in total. The van der Waals surface area contributed by atoms with E-state index in [0.29, 0.717) is 16.4 Å². The predicted molar refractivity (Wildman–Crippen MR) is 98.9 cm³/mol. The molecule has 3 heterocycles. The van der Waals surface area contributed by atoms with E-state index < -0.39 is 5.97 Å². The van der Waals surface area contributed by atoms with Crippen LogP contribution in [0.15, 0.2) is 16.5 Å². The first-order valence-corrected chi connectivity index (χ1v) is 9.05. The Labute approximate surface area is 154 Å². The first-order chi connectivity index (χ1) is 12.2. The van der Waals surface area contributed by atoms with E-state index in [9.17, 15) is 9.59 Å². The van der Waals surface area contributed by atoms with Crippen LogP contribution in [-0.4, -0.2) is 38.7 Å². The summed E-state index contributed by atoms with van der Waals surface area (Å²) >= 11 is 1.41. The van der Waals surface area contributed by atoms with Gasteiger partial charge >= 0.3 is 5.97 Å². The number of aromatic nitrogens is 2. The van der Waals surface area contributed by atoms with Gasteiger partial charge in [0.15, 0.2) is 0 Å². The summed E-state index contributed by atoms with van der Waals surface area (Å²) in [6.45, 7) is 5.95. The number of hydrogen-bond acceptors (Lipinski definition) is 5. The molecule has 0 aliphatic heterocycles. The number of carboxylic acid groups (broad SMARTS) is 1. The molecule has 0 atom stereocenters. The number of carboxylic acids is 1. The van der Waals surface area contributed by atoms with Gasteiger partial charge in [0.1, 0.15) is 21.9 Å². The largest absolute Gasteiger partial charge is 0.478 e. The summed E-state index contributed by atoms with van der Waals surface area (Å²) < 4.78 is 7.27. The second kappa shape index (κ2) is 6.60. The van der Waals surface area contributed by atoms with Crippen LogP contribution in [0.4, 0.5) is 0 Å². The van der Waals surface area contributed by atoms with Gasteiger partial charge in [0.05, 0.1) is 17.1 Å². The second-order valence-corrected chi connectivity index (χ2v) is 7.67. The minimum atomic E-state index is -1.04. The van der Waals surface area contributed by atoms with Gasteiger partial charge in [-0.05, 0) is 25.0 Å². The van der Waals surface area contributed by atoms with Crippen LogP contribution in [0, 0.1) is 6.92 Å². The molecular formula is C18H21N3O4S. The number of aryl methyl sites for hydroxylation is 2. The zero-order valence-corrected chi connectivity index (χ0v) is 16.2. The van der Waals surface area contributed by atoms with Crippen LogP contribution in [-0.2, 0) is 13.6 Å². The summed E-state index contributed by atoms with van der Waals surface area (Å²) in [5.41, 5.74) is 1.10. The van der Waals surface area contributed by atoms with Crippen molar-refractivity contribution in [3.8, 4) is 0 Å². The molecule has 0 fully saturated rings. The zero-order valence-electron chi connectivity index (χ0n) is 15.4. The lowest BCUT2D eigenvalue weighted by atomic mass is 10.1. The van der Waals surface area contributed by atoms with Crippen molar-refractivity contribution in [1.29, 1.82) is 0 Å². The molecule has 0 aliphatic rings. The third-order valence-corrected chi connectivity index (χ3v) is 5.43. The zero-order chi connectivity index (χ0) is 19.2. The molecule has 0 bridgehead atoms. The Bertz CT molecular complexity index is 996. The van der Waals surface area contributed by atoms with E-state index in [2.05, 4.69) is 18.9 Å². The highest BCUT2D eigenvalue weighted by Gasteiger charge is 2.22. The Morgan fingerprint density at radius 3 is 2.65 bits per heavy atom. The lowest BCUT2D eigenvalue weighted by Crippen LogP contribution is -2.25. The molecule has 7 nitrogen and oxygen atoms in total. The Balaban J connectivity index is 1.84. The van der Waals surface area contributed by atoms with Crippen molar-refractivity contribution < 1.29 is 19.1 Å². The fraction of sp³-hybridized carbons (Fsp3) is 0.389. The molecule has 0 aliphatic carbocycles. The van der Waals surface area contributed by atoms with Gasteiger partial charge in [-0.25, -0.2) is 4.79 Å². The molecule has 138 valence electrons. The number of thiophene rings is 1. The highest BCUT2D eigenvalue weighted by molar-refractivity contribution is 7.20. The van der Waals surface area contributed by atoms with Crippen LogP contribution in [0.25, 0.3) is 10.2 Å². The molecule has 26 heavy (non-hydrogen) atoms. The first kappa shape index (κ1) is 18.2. The van der Waals surface area contributed by atoms with Crippen molar-refractivity contribution in [3.63, 3.8) is 0 Å². The maximum atomic E-state index is 12.8. The Morgan fingerprint density at radius 1 is 1.38 bits per heavy atom. The minimum absolute atomic E-state index is 0.121. The number of aromatic carboxylic acids is 1. The summed E-state index contributed by atoms with van der Waals surface area (Å²) in [4.78, 5) is 27.0. The van der Waals surface area contributed by atoms with Gasteiger partial charge in [-0.2, -0.15) is 5.10 Å². The monoisotopic (exact) mass is 375 g/mol. The van der Waals surface area contributed by atoms with Crippen LogP contribution < -0.4 is 0 Å². The molecule has 8 heteroatoms. The van der Waals surface area contributed by atoms with Crippen molar-refractivity contribution in [2.24, 2.45) is 7.05 Å². The summed E-state index contributed by atoms with van der Waals surface area (Å²) in [6, 6.07) is 3.35. The summed E-state index contributed by atoms with van der Waals surface area (Å²) in [5, 5.41) is 14.6. The smallest absolute Gasteiger partial charge is 0.339 e. The molecule has 3 aromatic rings. The van der Waals surface area contributed by atoms with Crippen molar-refractivity contribution in [3.05, 3.63) is 39.8 Å². The molecule has 0 unspecified atom stereocenters. The molecular weight excluding hydrogens is 354 g/mol. The van der Waals surface area contributed by atoms with E-state index >= 15 is 0 Å². The van der Waals surface area contributed by atoms with Crippen molar-refractivity contribution in [2.75, 3.05) is 7.05 Å². The Kier molecular flexibility index (Phi) is 4.62. The minimum Gasteiger partial charge on any atom is -0.478 e. The Morgan fingerprint density at radius 2 is 2.08 bits per heavy atom. The molecule has 0 radical (unpaired) electrons. The lowest BCUT2D eigenvalue weighted by Gasteiger charge is -2.14. The van der Waals surface area contributed by atoms with Crippen LogP contribution in [0.1, 0.15) is 57.0 Å². The highest BCUT2D eigenvalue weighted by atomic mass is 32.1. The summed E-state index contributed by atoms with van der Waals surface area (Å²) in [6.07, 6.45) is 0. The number of furan rings is 1. The number of fused-ring (bicyclic) bond motifs is 1. The average Bonchev–Trinajstić information content (AvgIpc) is 3.21. The number of carbonyl (C=O) groups is 2. The number of carbonyl (C=O) groups excluding carboxylic acids is 1. The van der Waals surface area contributed by atoms with Gasteiger partial charge in [0.2, 0.25) is 0 Å². The van der Waals surface area contributed by atoms with Crippen LogP contribution in [0.3, 0.4) is 0 Å². The number of rotatable bonds is 5. The Hall–Kier alpha value is -2.61. The third-order valence-electron chi connectivity index (χ3n) is 4.24. The molecule has 0 spiro atoms. The van der Waals surface area contributed by atoms with Crippen molar-refractivity contribution >= 4 is 33.4 Å². The highest BCUT2D eigenvalue weighted by Crippen LogP contribution is 2.32. The van der Waals surface area contributed by atoms with Gasteiger partial charge in [-0.1, -0.05) is 13.8 Å². The normalized spacial score (nSPS) is 11.5. The number of hydrogen-bond donors (Lipinski definition) is 1. The van der Waals surface area contributed by atoms with Gasteiger partial charge < -0.3 is 14.4 Å². The third kappa shape index (κ3) is 3.12. The first-order valence-electron chi connectivity index (χ1n) is 8.23. The van der Waals surface area contributed by atoms with Crippen LogP contribution >= 0.6 is 11.3 Å². The molecule has 0 saturated carbocycles. The van der Waals surface area contributed by atoms with Crippen molar-refractivity contribution in [1.82, 2.24) is 14.7 Å². The standard InChI is InChI=1S/C18H21N3O4S/c1-9(2)15-13-7-14(26-17(13)21(5)19-15)16(22)20(4)8-11-6-12(18(23)24)10(3)25-11/h6-7,9H,8H2,1-5H3,(H,23,24). The van der Waals surface area contributed by atoms with Gasteiger partial charge in [-0.15, -0.1) is 11.3 Å². The van der Waals surface area contributed by atoms with Crippen LogP contribution in [0.5, 0.6) is 0 Å². The van der Waals surface area contributed by atoms with E-state index in [1.165, 1.54) is 22.3 Å². The van der Waals surface area contributed by atoms with Gasteiger partial charge in [0.25, 0.3) is 5.91 Å². The predicted octanol–water partition coefficient (Wildman–Crippen LogP) is 3.63. The fourth-order valence-electron chi connectivity index (χ4n) is 2.93. The quantitative estimate of drug-likeness (QED) is 0.736. The van der Waals surface area contributed by atoms with E-state index in [1.54, 1.807) is 18.7 Å². The van der Waals surface area contributed by atoms with Gasteiger partial charge in [0, 0.05) is 19.5 Å². The lowest BCUT2D eigenvalue weighted by molar-refractivity contribution is 0.0694. The second-order valence-electron chi connectivity index (χ2n) is 6.64. The number of amides is 1. The van der Waals surface area contributed by atoms with E-state index in [0.717, 1.165) is 15.9 Å². The maximum Gasteiger partial charge on any atom is 0.339 e. The van der Waals surface area contributed by atoms with E-state index in [1.807, 2.05) is 13.1 Å². The summed E-state index contributed by atoms with van der Waals surface area (Å²) in [7, 11) is 3.55. The fourth-order valence-corrected chi connectivity index (χ4v) is 4.00.